The van der Waals surface area contributed by atoms with E-state index in [1.54, 1.807) is 24.3 Å². The zero-order valence-electron chi connectivity index (χ0n) is 12.3. The third kappa shape index (κ3) is 6.36. The van der Waals surface area contributed by atoms with Crippen LogP contribution in [0.25, 0.3) is 0 Å². The molecule has 0 saturated carbocycles. The number of unbranched alkanes of at least 4 members (excludes halogenated alkanes) is 1. The molecule has 110 valence electrons. The number of nitrogens with one attached hydrogen (secondary N) is 1. The summed E-state index contributed by atoms with van der Waals surface area (Å²) in [6, 6.07) is 7.04. The Balaban J connectivity index is 2.17. The molecule has 0 aliphatic carbocycles. The minimum absolute atomic E-state index is 0.0419. The highest BCUT2D eigenvalue weighted by atomic mass is 16.5. The number of ketones is 1. The number of hydrogen-bond acceptors (Lipinski definition) is 3. The minimum Gasteiger partial charge on any atom is -0.494 e. The molecule has 0 spiro atoms. The Morgan fingerprint density at radius 1 is 1.15 bits per heavy atom. The van der Waals surface area contributed by atoms with Crippen molar-refractivity contribution in [3.8, 4) is 5.75 Å². The Morgan fingerprint density at radius 3 is 2.45 bits per heavy atom. The molecule has 0 atom stereocenters. The fraction of sp³-hybridized carbons (Fsp3) is 0.500. The van der Waals surface area contributed by atoms with E-state index in [0.29, 0.717) is 25.0 Å². The van der Waals surface area contributed by atoms with Crippen LogP contribution >= 0.6 is 0 Å². The summed E-state index contributed by atoms with van der Waals surface area (Å²) >= 11 is 0. The number of rotatable bonds is 9. The molecule has 0 saturated heterocycles. The number of Topliss-reactive ketones (excluding diaryl/α,β-unsaturated/α-hetero) is 1. The zero-order valence-corrected chi connectivity index (χ0v) is 12.3. The maximum absolute atomic E-state index is 11.4. The Hall–Kier alpha value is -1.84. The van der Waals surface area contributed by atoms with Gasteiger partial charge < -0.3 is 10.1 Å². The molecule has 20 heavy (non-hydrogen) atoms. The van der Waals surface area contributed by atoms with E-state index in [1.165, 1.54) is 6.92 Å². The van der Waals surface area contributed by atoms with Gasteiger partial charge in [-0.15, -0.1) is 0 Å². The highest BCUT2D eigenvalue weighted by Gasteiger charge is 2.02. The van der Waals surface area contributed by atoms with E-state index >= 15 is 0 Å². The molecule has 1 aromatic carbocycles. The van der Waals surface area contributed by atoms with Gasteiger partial charge in [-0.1, -0.05) is 13.3 Å². The summed E-state index contributed by atoms with van der Waals surface area (Å²) in [4.78, 5) is 22.6. The molecule has 0 bridgehead atoms. The topological polar surface area (TPSA) is 55.4 Å². The van der Waals surface area contributed by atoms with E-state index in [-0.39, 0.29) is 11.7 Å². The van der Waals surface area contributed by atoms with Crippen LogP contribution in [0.4, 0.5) is 0 Å². The minimum atomic E-state index is 0.0419. The van der Waals surface area contributed by atoms with E-state index in [2.05, 4.69) is 12.2 Å². The van der Waals surface area contributed by atoms with Gasteiger partial charge in [-0.3, -0.25) is 9.59 Å². The van der Waals surface area contributed by atoms with Crippen LogP contribution in [-0.2, 0) is 4.79 Å². The van der Waals surface area contributed by atoms with Crippen LogP contribution in [0.1, 0.15) is 49.9 Å². The molecule has 1 N–H and O–H groups in total. The Kier molecular flexibility index (Phi) is 7.40. The first kappa shape index (κ1) is 16.2. The van der Waals surface area contributed by atoms with E-state index in [4.69, 9.17) is 4.74 Å². The predicted octanol–water partition coefficient (Wildman–Crippen LogP) is 2.96. The summed E-state index contributed by atoms with van der Waals surface area (Å²) in [5.41, 5.74) is 0.674. The van der Waals surface area contributed by atoms with Crippen LogP contribution in [0.3, 0.4) is 0 Å². The second-order valence-corrected chi connectivity index (χ2v) is 4.74. The molecule has 4 nitrogen and oxygen atoms in total. The highest BCUT2D eigenvalue weighted by molar-refractivity contribution is 5.94. The molecule has 1 rings (SSSR count). The lowest BCUT2D eigenvalue weighted by molar-refractivity contribution is -0.121. The van der Waals surface area contributed by atoms with Gasteiger partial charge >= 0.3 is 0 Å². The van der Waals surface area contributed by atoms with E-state index in [0.717, 1.165) is 25.1 Å². The van der Waals surface area contributed by atoms with Crippen molar-refractivity contribution in [2.45, 2.75) is 39.5 Å². The molecule has 1 aromatic rings. The molecule has 0 radical (unpaired) electrons. The molecule has 4 heteroatoms. The fourth-order valence-electron chi connectivity index (χ4n) is 1.70. The van der Waals surface area contributed by atoms with Gasteiger partial charge in [0.15, 0.2) is 5.78 Å². The summed E-state index contributed by atoms with van der Waals surface area (Å²) < 4.78 is 5.53. The van der Waals surface area contributed by atoms with Crippen LogP contribution in [0, 0.1) is 0 Å². The van der Waals surface area contributed by atoms with Gasteiger partial charge in [0.2, 0.25) is 5.91 Å². The monoisotopic (exact) mass is 277 g/mol. The molecular formula is C16H23NO3. The molecule has 1 amide bonds. The standard InChI is InChI=1S/C16H23NO3/c1-3-4-11-17-16(19)6-5-12-20-15-9-7-14(8-10-15)13(2)18/h7-10H,3-6,11-12H2,1-2H3,(H,17,19). The summed E-state index contributed by atoms with van der Waals surface area (Å²) in [6.07, 6.45) is 3.27. The van der Waals surface area contributed by atoms with Gasteiger partial charge in [0.1, 0.15) is 5.75 Å². The summed E-state index contributed by atoms with van der Waals surface area (Å²) in [7, 11) is 0. The summed E-state index contributed by atoms with van der Waals surface area (Å²) in [6.45, 7) is 4.88. The predicted molar refractivity (Wildman–Crippen MR) is 79.1 cm³/mol. The maximum atomic E-state index is 11.4. The van der Waals surface area contributed by atoms with Crippen molar-refractivity contribution >= 4 is 11.7 Å². The van der Waals surface area contributed by atoms with Crippen molar-refractivity contribution in [3.63, 3.8) is 0 Å². The lowest BCUT2D eigenvalue weighted by atomic mass is 10.1. The molecule has 0 aliphatic heterocycles. The normalized spacial score (nSPS) is 10.1. The number of amides is 1. The molecule has 0 unspecified atom stereocenters. The first-order valence-corrected chi connectivity index (χ1v) is 7.14. The Labute approximate surface area is 120 Å². The molecule has 0 aliphatic rings. The average molecular weight is 277 g/mol. The van der Waals surface area contributed by atoms with Crippen LogP contribution < -0.4 is 10.1 Å². The van der Waals surface area contributed by atoms with Gasteiger partial charge in [0.25, 0.3) is 0 Å². The molecule has 0 fully saturated rings. The molecular weight excluding hydrogens is 254 g/mol. The van der Waals surface area contributed by atoms with E-state index in [9.17, 15) is 9.59 Å². The maximum Gasteiger partial charge on any atom is 0.220 e. The number of carbonyl (C=O) groups is 2. The van der Waals surface area contributed by atoms with Crippen molar-refractivity contribution in [1.82, 2.24) is 5.32 Å². The fourth-order valence-corrected chi connectivity index (χ4v) is 1.70. The zero-order chi connectivity index (χ0) is 14.8. The molecule has 0 heterocycles. The van der Waals surface area contributed by atoms with Crippen molar-refractivity contribution in [2.24, 2.45) is 0 Å². The van der Waals surface area contributed by atoms with Crippen molar-refractivity contribution in [3.05, 3.63) is 29.8 Å². The van der Waals surface area contributed by atoms with Crippen LogP contribution in [0.15, 0.2) is 24.3 Å². The van der Waals surface area contributed by atoms with E-state index < -0.39 is 0 Å². The lowest BCUT2D eigenvalue weighted by Gasteiger charge is -2.07. The third-order valence-corrected chi connectivity index (χ3v) is 2.93. The second-order valence-electron chi connectivity index (χ2n) is 4.74. The Bertz CT molecular complexity index is 426. The number of carbonyl (C=O) groups excluding carboxylic acids is 2. The smallest absolute Gasteiger partial charge is 0.220 e. The number of ether oxygens (including phenoxy) is 1. The highest BCUT2D eigenvalue weighted by Crippen LogP contribution is 2.12. The Morgan fingerprint density at radius 2 is 1.85 bits per heavy atom. The number of hydrogen-bond donors (Lipinski definition) is 1. The largest absolute Gasteiger partial charge is 0.494 e. The van der Waals surface area contributed by atoms with Gasteiger partial charge in [0, 0.05) is 18.5 Å². The molecule has 0 aromatic heterocycles. The summed E-state index contributed by atoms with van der Waals surface area (Å²) in [5, 5.41) is 2.87. The third-order valence-electron chi connectivity index (χ3n) is 2.93. The van der Waals surface area contributed by atoms with E-state index in [1.807, 2.05) is 0 Å². The average Bonchev–Trinajstić information content (AvgIpc) is 2.44. The first-order valence-electron chi connectivity index (χ1n) is 7.14. The first-order chi connectivity index (χ1) is 9.63. The van der Waals surface area contributed by atoms with Gasteiger partial charge in [-0.25, -0.2) is 0 Å². The van der Waals surface area contributed by atoms with Gasteiger partial charge in [-0.05, 0) is 44.0 Å². The van der Waals surface area contributed by atoms with Gasteiger partial charge in [0.05, 0.1) is 6.61 Å². The van der Waals surface area contributed by atoms with Crippen LogP contribution in [0.5, 0.6) is 5.75 Å². The van der Waals surface area contributed by atoms with Crippen LogP contribution in [0.2, 0.25) is 0 Å². The van der Waals surface area contributed by atoms with Gasteiger partial charge in [-0.2, -0.15) is 0 Å². The number of benzene rings is 1. The van der Waals surface area contributed by atoms with Crippen LogP contribution in [-0.4, -0.2) is 24.8 Å². The van der Waals surface area contributed by atoms with Crippen molar-refractivity contribution in [2.75, 3.05) is 13.2 Å². The SMILES string of the molecule is CCCCNC(=O)CCCOc1ccc(C(C)=O)cc1. The van der Waals surface area contributed by atoms with Crippen molar-refractivity contribution in [1.29, 1.82) is 0 Å². The summed E-state index contributed by atoms with van der Waals surface area (Å²) in [5.74, 6) is 0.843. The lowest BCUT2D eigenvalue weighted by Crippen LogP contribution is -2.24. The van der Waals surface area contributed by atoms with Crippen molar-refractivity contribution < 1.29 is 14.3 Å². The quantitative estimate of drug-likeness (QED) is 0.557. The second kappa shape index (κ2) is 9.13.